The van der Waals surface area contributed by atoms with Crippen LogP contribution in [0.4, 0.5) is 83.8 Å². The lowest BCUT2D eigenvalue weighted by Crippen LogP contribution is -2.60. The molecule has 2 aliphatic rings. The first kappa shape index (κ1) is 58.9. The fraction of sp³-hybridized carbons (Fsp3) is 0.973. The fourth-order valence-corrected chi connectivity index (χ4v) is 7.31. The average Bonchev–Trinajstić information content (AvgIpc) is 3.56. The van der Waals surface area contributed by atoms with Crippen molar-refractivity contribution >= 4 is 6.16 Å². The molecule has 2 aliphatic carbocycles. The molecule has 2 saturated carbocycles. The van der Waals surface area contributed by atoms with Crippen molar-refractivity contribution in [3.63, 3.8) is 0 Å². The third-order valence-electron chi connectivity index (χ3n) is 11.0. The van der Waals surface area contributed by atoms with Gasteiger partial charge in [0, 0.05) is 13.0 Å². The Bertz CT molecular complexity index is 1290. The lowest BCUT2D eigenvalue weighted by Gasteiger charge is -2.40. The van der Waals surface area contributed by atoms with E-state index in [-0.39, 0.29) is 37.2 Å². The number of hydrogen-bond donors (Lipinski definition) is 1. The van der Waals surface area contributed by atoms with Gasteiger partial charge in [0.25, 0.3) is 11.2 Å². The highest BCUT2D eigenvalue weighted by Crippen LogP contribution is 2.59. The normalized spacial score (nSPS) is 23.1. The van der Waals surface area contributed by atoms with Crippen molar-refractivity contribution in [2.24, 2.45) is 35.5 Å². The molecule has 7 atom stereocenters. The molecule has 0 aliphatic heterocycles. The van der Waals surface area contributed by atoms with Gasteiger partial charge in [0.1, 0.15) is 5.60 Å². The van der Waals surface area contributed by atoms with E-state index < -0.39 is 109 Å². The number of alkyl halides is 18. The number of unbranched alkanes of at least 4 members (excludes halogenated alkanes) is 1. The standard InChI is InChI=1S/C13H18F6O.C12H18F6O3.C12H20F6O2/c1-6-7(2)10-4-8(6)3-9(10)5-11(20,12(14,15)16)13(17,18)19;1-5-6-7-10(11(13,14)15,12(16,17)18)21-8(19)20-9(2,3)4;1-5-8(3)7-10(11(13,14)15,12(16,17)18)20-9(4)19-6-2/h6-10,20H,3-5H2,1-2H3;5-7H2,1-4H3;8-9H,5-7H2,1-4H3. The van der Waals surface area contributed by atoms with Gasteiger partial charge >= 0.3 is 48.8 Å². The number of ether oxygens (including phenoxy) is 4. The van der Waals surface area contributed by atoms with Crippen molar-refractivity contribution in [3.05, 3.63) is 0 Å². The van der Waals surface area contributed by atoms with E-state index in [1.165, 1.54) is 48.5 Å². The molecule has 0 aromatic rings. The molecule has 0 heterocycles. The van der Waals surface area contributed by atoms with Crippen LogP contribution < -0.4 is 0 Å². The van der Waals surface area contributed by atoms with Gasteiger partial charge < -0.3 is 24.1 Å². The lowest BCUT2D eigenvalue weighted by atomic mass is 9.72. The molecule has 24 heteroatoms. The van der Waals surface area contributed by atoms with E-state index >= 15 is 0 Å². The summed E-state index contributed by atoms with van der Waals surface area (Å²) in [5, 5.41) is 9.28. The van der Waals surface area contributed by atoms with Gasteiger partial charge in [-0.25, -0.2) is 4.79 Å². The second-order valence-corrected chi connectivity index (χ2v) is 16.6. The van der Waals surface area contributed by atoms with E-state index in [0.717, 1.165) is 6.92 Å². The first-order chi connectivity index (χ1) is 27.0. The molecule has 366 valence electrons. The zero-order valence-electron chi connectivity index (χ0n) is 35.2. The van der Waals surface area contributed by atoms with Crippen LogP contribution in [0.1, 0.15) is 121 Å². The third-order valence-corrected chi connectivity index (χ3v) is 11.0. The van der Waals surface area contributed by atoms with Gasteiger partial charge in [-0.3, -0.25) is 0 Å². The largest absolute Gasteiger partial charge is 0.510 e. The third kappa shape index (κ3) is 14.7. The fourth-order valence-electron chi connectivity index (χ4n) is 7.31. The molecule has 2 rings (SSSR count). The second-order valence-electron chi connectivity index (χ2n) is 16.6. The second kappa shape index (κ2) is 20.8. The SMILES string of the molecule is CC1C2CC(CC(O)(C(F)(F)F)C(F)(F)F)C(C2)C1C.CCCCC(OC(=O)OC(C)(C)C)(C(F)(F)F)C(F)(F)F.CCOC(C)OC(CC(C)CC)(C(F)(F)F)C(F)(F)F. The predicted octanol–water partition coefficient (Wildman–Crippen LogP) is 13.8. The van der Waals surface area contributed by atoms with Gasteiger partial charge in [-0.05, 0) is 102 Å². The maximum atomic E-state index is 13.1. The van der Waals surface area contributed by atoms with Crippen LogP contribution in [-0.2, 0) is 18.9 Å². The van der Waals surface area contributed by atoms with Gasteiger partial charge in [-0.1, -0.05) is 47.5 Å². The Labute approximate surface area is 342 Å². The smallest absolute Gasteiger partial charge is 0.429 e. The first-order valence-corrected chi connectivity index (χ1v) is 19.3. The highest BCUT2D eigenvalue weighted by Gasteiger charge is 2.75. The highest BCUT2D eigenvalue weighted by atomic mass is 19.4. The van der Waals surface area contributed by atoms with Crippen LogP contribution in [0.25, 0.3) is 0 Å². The summed E-state index contributed by atoms with van der Waals surface area (Å²) >= 11 is 0. The van der Waals surface area contributed by atoms with E-state index in [0.29, 0.717) is 18.8 Å². The maximum Gasteiger partial charge on any atom is 0.510 e. The quantitative estimate of drug-likeness (QED) is 0.113. The molecule has 0 saturated heterocycles. The molecular weight excluding hydrogens is 882 g/mol. The van der Waals surface area contributed by atoms with Crippen LogP contribution in [0.3, 0.4) is 0 Å². The number of halogens is 18. The Hall–Kier alpha value is -2.11. The molecule has 0 spiro atoms. The van der Waals surface area contributed by atoms with E-state index in [9.17, 15) is 88.9 Å². The molecule has 2 fully saturated rings. The molecule has 0 amide bonds. The van der Waals surface area contributed by atoms with Crippen molar-refractivity contribution in [2.75, 3.05) is 6.61 Å². The molecule has 2 bridgehead atoms. The minimum absolute atomic E-state index is 0.0453. The molecular formula is C37H56F18O6. The summed E-state index contributed by atoms with van der Waals surface area (Å²) in [6, 6.07) is 0. The molecule has 61 heavy (non-hydrogen) atoms. The molecule has 0 aromatic carbocycles. The number of carbonyl (C=O) groups is 1. The van der Waals surface area contributed by atoms with Crippen LogP contribution in [0.2, 0.25) is 0 Å². The minimum Gasteiger partial charge on any atom is -0.429 e. The summed E-state index contributed by atoms with van der Waals surface area (Å²) in [5.41, 5.74) is -14.6. The van der Waals surface area contributed by atoms with Crippen molar-refractivity contribution in [3.8, 4) is 0 Å². The topological polar surface area (TPSA) is 74.2 Å². The Balaban J connectivity index is 0.000000885. The van der Waals surface area contributed by atoms with E-state index in [1.807, 2.05) is 13.8 Å². The Morgan fingerprint density at radius 3 is 1.41 bits per heavy atom. The van der Waals surface area contributed by atoms with Gasteiger partial charge in [0.15, 0.2) is 6.29 Å². The Morgan fingerprint density at radius 2 is 1.10 bits per heavy atom. The maximum absolute atomic E-state index is 13.1. The molecule has 6 nitrogen and oxygen atoms in total. The zero-order valence-corrected chi connectivity index (χ0v) is 35.2. The van der Waals surface area contributed by atoms with Gasteiger partial charge in [-0.15, -0.1) is 0 Å². The lowest BCUT2D eigenvalue weighted by molar-refractivity contribution is -0.410. The monoisotopic (exact) mass is 938 g/mol. The minimum atomic E-state index is -5.79. The van der Waals surface area contributed by atoms with E-state index in [1.54, 1.807) is 0 Å². The molecule has 7 unspecified atom stereocenters. The van der Waals surface area contributed by atoms with Crippen LogP contribution in [0.15, 0.2) is 0 Å². The number of fused-ring (bicyclic) bond motifs is 2. The molecule has 0 aromatic heterocycles. The van der Waals surface area contributed by atoms with Crippen LogP contribution >= 0.6 is 0 Å². The zero-order chi connectivity index (χ0) is 48.8. The van der Waals surface area contributed by atoms with Crippen molar-refractivity contribution in [2.45, 2.75) is 186 Å². The Kier molecular flexibility index (Phi) is 20.1. The summed E-state index contributed by atoms with van der Waals surface area (Å²) in [7, 11) is 0. The van der Waals surface area contributed by atoms with E-state index in [2.05, 4.69) is 18.9 Å². The number of aliphatic hydroxyl groups is 1. The molecule has 0 radical (unpaired) electrons. The average molecular weight is 939 g/mol. The van der Waals surface area contributed by atoms with Crippen molar-refractivity contribution in [1.82, 2.24) is 0 Å². The van der Waals surface area contributed by atoms with Gasteiger partial charge in [0.2, 0.25) is 0 Å². The highest BCUT2D eigenvalue weighted by molar-refractivity contribution is 5.61. The summed E-state index contributed by atoms with van der Waals surface area (Å²) in [6.07, 6.45) is -40.7. The summed E-state index contributed by atoms with van der Waals surface area (Å²) in [4.78, 5) is 11.3. The van der Waals surface area contributed by atoms with Gasteiger partial charge in [-0.2, -0.15) is 79.0 Å². The predicted molar refractivity (Wildman–Crippen MR) is 182 cm³/mol. The van der Waals surface area contributed by atoms with Crippen molar-refractivity contribution < 1.29 is 108 Å². The van der Waals surface area contributed by atoms with Crippen molar-refractivity contribution in [1.29, 1.82) is 0 Å². The Morgan fingerprint density at radius 1 is 0.656 bits per heavy atom. The number of rotatable bonds is 13. The summed E-state index contributed by atoms with van der Waals surface area (Å²) in [6.45, 7) is 14.4. The van der Waals surface area contributed by atoms with Crippen LogP contribution in [0, 0.1) is 35.5 Å². The number of hydrogen-bond acceptors (Lipinski definition) is 6. The van der Waals surface area contributed by atoms with E-state index in [4.69, 9.17) is 0 Å². The van der Waals surface area contributed by atoms with Crippen LogP contribution in [-0.4, -0.2) is 83.6 Å². The van der Waals surface area contributed by atoms with Crippen LogP contribution in [0.5, 0.6) is 0 Å². The number of carbonyl (C=O) groups excluding carboxylic acids is 1. The first-order valence-electron chi connectivity index (χ1n) is 19.3. The van der Waals surface area contributed by atoms with Gasteiger partial charge in [0.05, 0.1) is 0 Å². The molecule has 1 N–H and O–H groups in total. The summed E-state index contributed by atoms with van der Waals surface area (Å²) in [5.74, 6) is -1.02. The summed E-state index contributed by atoms with van der Waals surface area (Å²) < 4.78 is 249.